The summed E-state index contributed by atoms with van der Waals surface area (Å²) < 4.78 is -0.783. The minimum Gasteiger partial charge on any atom is -0.394 e. The summed E-state index contributed by atoms with van der Waals surface area (Å²) in [6.45, 7) is 12.1. The van der Waals surface area contributed by atoms with Gasteiger partial charge in [-0.15, -0.1) is 24.9 Å². The number of thioether (sulfide) groups is 1. The molecule has 7 nitrogen and oxygen atoms in total. The number of para-hydroxylation sites is 1. The van der Waals surface area contributed by atoms with Crippen molar-refractivity contribution in [2.24, 2.45) is 17.8 Å². The topological polar surface area (TPSA) is 81.2 Å². The van der Waals surface area contributed by atoms with Crippen molar-refractivity contribution in [1.29, 1.82) is 0 Å². The summed E-state index contributed by atoms with van der Waals surface area (Å²) in [5, 5.41) is 12.6. The van der Waals surface area contributed by atoms with E-state index in [9.17, 15) is 14.7 Å². The number of benzene rings is 3. The average molecular weight is 624 g/mol. The smallest absolute Gasteiger partial charge is 0.251 e. The van der Waals surface area contributed by atoms with Gasteiger partial charge in [0.05, 0.1) is 29.2 Å². The van der Waals surface area contributed by atoms with Gasteiger partial charge in [0.2, 0.25) is 11.8 Å². The molecule has 3 fully saturated rings. The minimum atomic E-state index is -0.835. The van der Waals surface area contributed by atoms with Crippen LogP contribution in [0.4, 0.5) is 11.4 Å². The van der Waals surface area contributed by atoms with Gasteiger partial charge in [-0.2, -0.15) is 0 Å². The monoisotopic (exact) mass is 623 g/mol. The molecule has 1 spiro atoms. The molecule has 0 saturated carbocycles. The van der Waals surface area contributed by atoms with Crippen molar-refractivity contribution >= 4 is 51.6 Å². The fraction of sp³-hybridized carbons (Fsp3) is 0.378. The molecule has 6 rings (SSSR count). The zero-order chi connectivity index (χ0) is 31.9. The number of hydrogen-bond acceptors (Lipinski definition) is 5. The lowest BCUT2D eigenvalue weighted by Crippen LogP contribution is -2.58. The van der Waals surface area contributed by atoms with Crippen LogP contribution in [0.3, 0.4) is 0 Å². The highest BCUT2D eigenvalue weighted by molar-refractivity contribution is 8.02. The van der Waals surface area contributed by atoms with Crippen molar-refractivity contribution in [3.8, 4) is 0 Å². The summed E-state index contributed by atoms with van der Waals surface area (Å²) in [4.78, 5) is 49.3. The van der Waals surface area contributed by atoms with Gasteiger partial charge in [-0.1, -0.05) is 74.5 Å². The third kappa shape index (κ3) is 5.08. The van der Waals surface area contributed by atoms with E-state index in [-0.39, 0.29) is 42.0 Å². The zero-order valence-electron chi connectivity index (χ0n) is 25.9. The first kappa shape index (κ1) is 31.1. The Morgan fingerprint density at radius 1 is 0.956 bits per heavy atom. The van der Waals surface area contributed by atoms with Gasteiger partial charge >= 0.3 is 0 Å². The van der Waals surface area contributed by atoms with Gasteiger partial charge in [0.1, 0.15) is 6.04 Å². The Hall–Kier alpha value is -3.88. The van der Waals surface area contributed by atoms with Crippen LogP contribution in [0.25, 0.3) is 10.8 Å². The normalized spacial score (nSPS) is 25.8. The highest BCUT2D eigenvalue weighted by Crippen LogP contribution is 2.67. The third-order valence-corrected chi connectivity index (χ3v) is 11.8. The largest absolute Gasteiger partial charge is 0.394 e. The van der Waals surface area contributed by atoms with Gasteiger partial charge in [-0.25, -0.2) is 0 Å². The van der Waals surface area contributed by atoms with Crippen LogP contribution >= 0.6 is 11.8 Å². The predicted molar refractivity (Wildman–Crippen MR) is 182 cm³/mol. The molecule has 3 aromatic rings. The fourth-order valence-corrected chi connectivity index (χ4v) is 10.0. The summed E-state index contributed by atoms with van der Waals surface area (Å²) in [6.07, 6.45) is 4.79. The van der Waals surface area contributed by atoms with Crippen molar-refractivity contribution in [3.05, 3.63) is 98.1 Å². The van der Waals surface area contributed by atoms with Crippen molar-refractivity contribution in [2.45, 2.75) is 48.8 Å². The Bertz CT molecular complexity index is 1630. The number of carbonyl (C=O) groups is 3. The van der Waals surface area contributed by atoms with E-state index >= 15 is 4.79 Å². The van der Waals surface area contributed by atoms with Gasteiger partial charge in [0.15, 0.2) is 0 Å². The number of rotatable bonds is 11. The van der Waals surface area contributed by atoms with Crippen molar-refractivity contribution < 1.29 is 19.5 Å². The number of carbonyl (C=O) groups excluding carboxylic acids is 3. The Labute approximate surface area is 269 Å². The molecular weight excluding hydrogens is 582 g/mol. The number of likely N-dealkylation sites (tertiary alicyclic amines) is 1. The van der Waals surface area contributed by atoms with E-state index in [2.05, 4.69) is 13.2 Å². The highest BCUT2D eigenvalue weighted by atomic mass is 32.2. The van der Waals surface area contributed by atoms with Crippen LogP contribution in [0.15, 0.2) is 98.1 Å². The lowest BCUT2D eigenvalue weighted by Gasteiger charge is -2.40. The van der Waals surface area contributed by atoms with Crippen LogP contribution in [0.1, 0.15) is 26.7 Å². The summed E-state index contributed by atoms with van der Waals surface area (Å²) >= 11 is 1.64. The molecule has 3 aromatic carbocycles. The molecule has 1 N–H and O–H groups in total. The number of fused-ring (bicyclic) bond motifs is 2. The van der Waals surface area contributed by atoms with E-state index in [1.54, 1.807) is 38.6 Å². The number of nitrogens with zero attached hydrogens (tertiary/aromatic N) is 3. The van der Waals surface area contributed by atoms with Crippen molar-refractivity contribution in [2.75, 3.05) is 29.5 Å². The first-order chi connectivity index (χ1) is 21.8. The molecule has 3 aliphatic heterocycles. The number of hydrogen-bond donors (Lipinski definition) is 1. The summed E-state index contributed by atoms with van der Waals surface area (Å²) in [6, 6.07) is 22.0. The molecule has 6 atom stereocenters. The van der Waals surface area contributed by atoms with Crippen molar-refractivity contribution in [1.82, 2.24) is 4.90 Å². The number of amides is 3. The zero-order valence-corrected chi connectivity index (χ0v) is 26.7. The van der Waals surface area contributed by atoms with Gasteiger partial charge in [0.25, 0.3) is 5.91 Å². The molecule has 3 aliphatic rings. The highest BCUT2D eigenvalue weighted by Gasteiger charge is 2.74. The molecule has 45 heavy (non-hydrogen) atoms. The van der Waals surface area contributed by atoms with Crippen LogP contribution < -0.4 is 9.80 Å². The SMILES string of the molecule is C=CCN(C(=O)C1N([C@@H](CO)C(C)C)C(=O)[C@@H]2[C@@H](C(=O)N(CC=C)c3ccccc3)[C@H]3CCC12S3)c1ccc2ccccc2c1. The van der Waals surface area contributed by atoms with E-state index < -0.39 is 28.7 Å². The lowest BCUT2D eigenvalue weighted by atomic mass is 9.70. The quantitative estimate of drug-likeness (QED) is 0.278. The second-order valence-electron chi connectivity index (χ2n) is 12.6. The Morgan fingerprint density at radius 2 is 1.60 bits per heavy atom. The summed E-state index contributed by atoms with van der Waals surface area (Å²) in [5.41, 5.74) is 1.48. The molecule has 0 aliphatic carbocycles. The molecule has 2 unspecified atom stereocenters. The first-order valence-corrected chi connectivity index (χ1v) is 16.6. The van der Waals surface area contributed by atoms with E-state index in [0.717, 1.165) is 28.6 Å². The first-order valence-electron chi connectivity index (χ1n) is 15.8. The summed E-state index contributed by atoms with van der Waals surface area (Å²) in [5.74, 6) is -1.89. The molecule has 0 radical (unpaired) electrons. The Balaban J connectivity index is 1.45. The van der Waals surface area contributed by atoms with E-state index in [1.165, 1.54) is 0 Å². The molecule has 3 amide bonds. The third-order valence-electron chi connectivity index (χ3n) is 9.84. The second-order valence-corrected chi connectivity index (χ2v) is 14.2. The van der Waals surface area contributed by atoms with Gasteiger partial charge in [-0.3, -0.25) is 14.4 Å². The molecule has 3 saturated heterocycles. The van der Waals surface area contributed by atoms with Gasteiger partial charge in [-0.05, 0) is 53.8 Å². The second kappa shape index (κ2) is 12.5. The van der Waals surface area contributed by atoms with E-state index in [1.807, 2.05) is 86.6 Å². The Morgan fingerprint density at radius 3 is 2.24 bits per heavy atom. The van der Waals surface area contributed by atoms with Crippen molar-refractivity contribution in [3.63, 3.8) is 0 Å². The maximum Gasteiger partial charge on any atom is 0.251 e. The molecule has 3 heterocycles. The minimum absolute atomic E-state index is 0.0833. The number of aliphatic hydroxyl groups excluding tert-OH is 1. The van der Waals surface area contributed by atoms with Gasteiger partial charge in [0, 0.05) is 29.7 Å². The maximum atomic E-state index is 15.0. The average Bonchev–Trinajstić information content (AvgIpc) is 3.70. The van der Waals surface area contributed by atoms with Crippen LogP contribution in [0.5, 0.6) is 0 Å². The summed E-state index contributed by atoms with van der Waals surface area (Å²) in [7, 11) is 0. The predicted octanol–water partition coefficient (Wildman–Crippen LogP) is 5.69. The van der Waals surface area contributed by atoms with Crippen LogP contribution in [-0.4, -0.2) is 69.5 Å². The number of aliphatic hydroxyl groups is 1. The van der Waals surface area contributed by atoms with Crippen LogP contribution in [0.2, 0.25) is 0 Å². The Kier molecular flexibility index (Phi) is 8.63. The van der Waals surface area contributed by atoms with E-state index in [4.69, 9.17) is 0 Å². The molecule has 0 aromatic heterocycles. The molecular formula is C37H41N3O4S. The molecule has 8 heteroatoms. The van der Waals surface area contributed by atoms with Crippen LogP contribution in [0, 0.1) is 17.8 Å². The number of anilines is 2. The molecule has 2 bridgehead atoms. The lowest BCUT2D eigenvalue weighted by molar-refractivity contribution is -0.142. The van der Waals surface area contributed by atoms with E-state index in [0.29, 0.717) is 13.0 Å². The standard InChI is InChI=1S/C37H41N3O4S/c1-5-20-38(27-14-8-7-9-15-27)34(42)31-30-18-19-37(45-30)32(31)35(43)40(29(23-41)24(3)4)33(37)36(44)39(21-6-2)28-17-16-25-12-10-11-13-26(25)22-28/h5-17,22,24,29-33,41H,1-2,18-21,23H2,3-4H3/t29-,30+,31-,32-,33?,37?/m0/s1. The van der Waals surface area contributed by atoms with Gasteiger partial charge < -0.3 is 19.8 Å². The maximum absolute atomic E-state index is 15.0. The fourth-order valence-electron chi connectivity index (χ4n) is 7.81. The van der Waals surface area contributed by atoms with Crippen LogP contribution in [-0.2, 0) is 14.4 Å². The molecule has 234 valence electrons.